The molecule has 0 bridgehead atoms. The van der Waals surface area contributed by atoms with Gasteiger partial charge in [0.2, 0.25) is 0 Å². The van der Waals surface area contributed by atoms with Crippen LogP contribution in [0, 0.1) is 25.2 Å². The highest BCUT2D eigenvalue weighted by atomic mass is 16.3. The first-order valence-corrected chi connectivity index (χ1v) is 9.04. The summed E-state index contributed by atoms with van der Waals surface area (Å²) in [7, 11) is 0. The van der Waals surface area contributed by atoms with E-state index in [-0.39, 0.29) is 18.1 Å². The Morgan fingerprint density at radius 3 is 2.58 bits per heavy atom. The zero-order valence-corrected chi connectivity index (χ0v) is 15.5. The average molecular weight is 336 g/mol. The second-order valence-corrected chi connectivity index (χ2v) is 7.40. The van der Waals surface area contributed by atoms with Crippen LogP contribution in [0.5, 0.6) is 0 Å². The van der Waals surface area contributed by atoms with Crippen LogP contribution in [-0.2, 0) is 6.54 Å². The van der Waals surface area contributed by atoms with Gasteiger partial charge in [-0.05, 0) is 50.5 Å². The van der Waals surface area contributed by atoms with Crippen LogP contribution < -0.4 is 5.32 Å². The van der Waals surface area contributed by atoms with Crippen LogP contribution in [-0.4, -0.2) is 52.1 Å². The Bertz CT molecular complexity index is 541. The normalized spacial score (nSPS) is 18.5. The number of nitrogens with one attached hydrogen (secondary N) is 1. The molecule has 1 aromatic rings. The van der Waals surface area contributed by atoms with Gasteiger partial charge in [-0.3, -0.25) is 4.68 Å². The SMILES string of the molecule is CCC1(CO)CCN(C(=O)NCC(C)Cn2nc(C)cc2C)CC1. The fourth-order valence-corrected chi connectivity index (χ4v) is 3.40. The summed E-state index contributed by atoms with van der Waals surface area (Å²) in [6.07, 6.45) is 2.74. The molecule has 2 amide bonds. The quantitative estimate of drug-likeness (QED) is 0.837. The molecule has 1 saturated heterocycles. The standard InChI is InChI=1S/C18H32N4O2/c1-5-18(13-23)6-8-21(9-7-18)17(24)19-11-14(2)12-22-16(4)10-15(3)20-22/h10,14,23H,5-9,11-13H2,1-4H3,(H,19,24). The lowest BCUT2D eigenvalue weighted by atomic mass is 9.77. The smallest absolute Gasteiger partial charge is 0.317 e. The molecule has 0 saturated carbocycles. The Kier molecular flexibility index (Phi) is 6.27. The minimum absolute atomic E-state index is 0.0119. The maximum Gasteiger partial charge on any atom is 0.317 e. The van der Waals surface area contributed by atoms with Crippen LogP contribution in [0.25, 0.3) is 0 Å². The number of carbonyl (C=O) groups excluding carboxylic acids is 1. The van der Waals surface area contributed by atoms with Crippen LogP contribution >= 0.6 is 0 Å². The van der Waals surface area contributed by atoms with E-state index in [0.29, 0.717) is 12.5 Å². The summed E-state index contributed by atoms with van der Waals surface area (Å²) in [5, 5.41) is 17.1. The predicted octanol–water partition coefficient (Wildman–Crippen LogP) is 2.33. The van der Waals surface area contributed by atoms with Crippen LogP contribution in [0.1, 0.15) is 44.5 Å². The van der Waals surface area contributed by atoms with Gasteiger partial charge >= 0.3 is 6.03 Å². The van der Waals surface area contributed by atoms with Gasteiger partial charge in [0.1, 0.15) is 0 Å². The number of hydrogen-bond acceptors (Lipinski definition) is 3. The number of nitrogens with zero attached hydrogens (tertiary/aromatic N) is 3. The lowest BCUT2D eigenvalue weighted by molar-refractivity contribution is 0.0518. The lowest BCUT2D eigenvalue weighted by Gasteiger charge is -2.40. The third-order valence-corrected chi connectivity index (χ3v) is 5.39. The summed E-state index contributed by atoms with van der Waals surface area (Å²) in [5.74, 6) is 0.323. The van der Waals surface area contributed by atoms with Gasteiger partial charge in [-0.1, -0.05) is 13.8 Å². The Balaban J connectivity index is 1.76. The average Bonchev–Trinajstić information content (AvgIpc) is 2.90. The molecular formula is C18H32N4O2. The van der Waals surface area contributed by atoms with E-state index >= 15 is 0 Å². The van der Waals surface area contributed by atoms with E-state index in [1.165, 1.54) is 0 Å². The summed E-state index contributed by atoms with van der Waals surface area (Å²) >= 11 is 0. The number of aromatic nitrogens is 2. The number of likely N-dealkylation sites (tertiary alicyclic amines) is 1. The van der Waals surface area contributed by atoms with Crippen LogP contribution in [0.2, 0.25) is 0 Å². The van der Waals surface area contributed by atoms with Gasteiger partial charge in [0.05, 0.1) is 5.69 Å². The van der Waals surface area contributed by atoms with Crippen molar-refractivity contribution in [3.05, 3.63) is 17.5 Å². The van der Waals surface area contributed by atoms with Gasteiger partial charge in [-0.2, -0.15) is 5.10 Å². The van der Waals surface area contributed by atoms with Crippen molar-refractivity contribution in [2.24, 2.45) is 11.3 Å². The largest absolute Gasteiger partial charge is 0.396 e. The van der Waals surface area contributed by atoms with Crippen molar-refractivity contribution < 1.29 is 9.90 Å². The van der Waals surface area contributed by atoms with Crippen LogP contribution in [0.3, 0.4) is 0 Å². The van der Waals surface area contributed by atoms with Crippen molar-refractivity contribution >= 4 is 6.03 Å². The molecule has 24 heavy (non-hydrogen) atoms. The van der Waals surface area contributed by atoms with Crippen LogP contribution in [0.15, 0.2) is 6.07 Å². The first kappa shape index (κ1) is 18.8. The molecule has 1 aliphatic rings. The first-order valence-electron chi connectivity index (χ1n) is 9.04. The molecule has 2 rings (SSSR count). The number of aliphatic hydroxyl groups excluding tert-OH is 1. The molecule has 1 fully saturated rings. The molecular weight excluding hydrogens is 304 g/mol. The van der Waals surface area contributed by atoms with Crippen molar-refractivity contribution in [2.45, 2.75) is 53.5 Å². The fourth-order valence-electron chi connectivity index (χ4n) is 3.40. The number of hydrogen-bond donors (Lipinski definition) is 2. The molecule has 1 aromatic heterocycles. The topological polar surface area (TPSA) is 70.4 Å². The van der Waals surface area contributed by atoms with E-state index in [2.05, 4.69) is 37.3 Å². The highest BCUT2D eigenvalue weighted by molar-refractivity contribution is 5.74. The van der Waals surface area contributed by atoms with E-state index in [1.807, 2.05) is 16.5 Å². The lowest BCUT2D eigenvalue weighted by Crippen LogP contribution is -2.49. The Labute approximate surface area is 145 Å². The summed E-state index contributed by atoms with van der Waals surface area (Å²) in [6.45, 7) is 11.4. The zero-order chi connectivity index (χ0) is 17.7. The molecule has 1 aliphatic heterocycles. The van der Waals surface area contributed by atoms with Crippen molar-refractivity contribution in [3.63, 3.8) is 0 Å². The maximum absolute atomic E-state index is 12.3. The second-order valence-electron chi connectivity index (χ2n) is 7.40. The highest BCUT2D eigenvalue weighted by Gasteiger charge is 2.33. The maximum atomic E-state index is 12.3. The fraction of sp³-hybridized carbons (Fsp3) is 0.778. The third-order valence-electron chi connectivity index (χ3n) is 5.39. The van der Waals surface area contributed by atoms with Crippen molar-refractivity contribution in [1.82, 2.24) is 20.0 Å². The second kappa shape index (κ2) is 8.01. The number of aliphatic hydroxyl groups is 1. The monoisotopic (exact) mass is 336 g/mol. The summed E-state index contributed by atoms with van der Waals surface area (Å²) < 4.78 is 2.00. The van der Waals surface area contributed by atoms with E-state index in [1.54, 1.807) is 0 Å². The van der Waals surface area contributed by atoms with Gasteiger partial charge in [-0.25, -0.2) is 4.79 Å². The molecule has 2 heterocycles. The number of rotatable bonds is 6. The molecule has 0 aromatic carbocycles. The molecule has 2 N–H and O–H groups in total. The Hall–Kier alpha value is -1.56. The van der Waals surface area contributed by atoms with Gasteiger partial charge in [0.25, 0.3) is 0 Å². The summed E-state index contributed by atoms with van der Waals surface area (Å²) in [6, 6.07) is 2.08. The van der Waals surface area contributed by atoms with E-state index < -0.39 is 0 Å². The predicted molar refractivity (Wildman–Crippen MR) is 94.9 cm³/mol. The Morgan fingerprint density at radius 2 is 2.08 bits per heavy atom. The van der Waals surface area contributed by atoms with E-state index in [9.17, 15) is 9.90 Å². The number of aryl methyl sites for hydroxylation is 2. The minimum atomic E-state index is 0.0119. The third kappa shape index (κ3) is 4.50. The molecule has 0 aliphatic carbocycles. The van der Waals surface area contributed by atoms with Crippen LogP contribution in [0.4, 0.5) is 4.79 Å². The highest BCUT2D eigenvalue weighted by Crippen LogP contribution is 2.34. The number of piperidine rings is 1. The Morgan fingerprint density at radius 1 is 1.42 bits per heavy atom. The van der Waals surface area contributed by atoms with Crippen molar-refractivity contribution in [1.29, 1.82) is 0 Å². The summed E-state index contributed by atoms with van der Waals surface area (Å²) in [5.41, 5.74) is 2.20. The van der Waals surface area contributed by atoms with Gasteiger partial charge in [0, 0.05) is 38.5 Å². The molecule has 0 radical (unpaired) electrons. The molecule has 0 spiro atoms. The number of urea groups is 1. The number of amides is 2. The van der Waals surface area contributed by atoms with Gasteiger partial charge in [-0.15, -0.1) is 0 Å². The number of carbonyl (C=O) groups is 1. The zero-order valence-electron chi connectivity index (χ0n) is 15.5. The minimum Gasteiger partial charge on any atom is -0.396 e. The van der Waals surface area contributed by atoms with Gasteiger partial charge in [0.15, 0.2) is 0 Å². The van der Waals surface area contributed by atoms with Crippen molar-refractivity contribution in [3.8, 4) is 0 Å². The molecule has 1 unspecified atom stereocenters. The van der Waals surface area contributed by atoms with E-state index in [0.717, 1.165) is 50.3 Å². The molecule has 6 heteroatoms. The molecule has 1 atom stereocenters. The van der Waals surface area contributed by atoms with Gasteiger partial charge < -0.3 is 15.3 Å². The molecule has 6 nitrogen and oxygen atoms in total. The molecule has 136 valence electrons. The first-order chi connectivity index (χ1) is 11.4. The van der Waals surface area contributed by atoms with E-state index in [4.69, 9.17) is 0 Å². The summed E-state index contributed by atoms with van der Waals surface area (Å²) in [4.78, 5) is 14.2. The van der Waals surface area contributed by atoms with Crippen molar-refractivity contribution in [2.75, 3.05) is 26.2 Å².